The van der Waals surface area contributed by atoms with Crippen LogP contribution >= 0.6 is 22.6 Å². The van der Waals surface area contributed by atoms with Gasteiger partial charge < -0.3 is 24.6 Å². The molecule has 0 aliphatic rings. The van der Waals surface area contributed by atoms with Crippen LogP contribution in [0.15, 0.2) is 42.0 Å². The first-order valence-electron chi connectivity index (χ1n) is 8.76. The summed E-state index contributed by atoms with van der Waals surface area (Å²) in [4.78, 5) is 23.2. The van der Waals surface area contributed by atoms with Crippen LogP contribution < -0.4 is 19.5 Å². The highest BCUT2D eigenvalue weighted by Gasteiger charge is 2.15. The number of carboxylic acid groups (broad SMARTS) is 1. The van der Waals surface area contributed by atoms with Crippen LogP contribution in [0.4, 0.5) is 5.69 Å². The Bertz CT molecular complexity index is 996. The molecule has 9 heteroatoms. The number of rotatable bonds is 9. The number of ether oxygens (including phenoxy) is 3. The summed E-state index contributed by atoms with van der Waals surface area (Å²) in [6.45, 7) is 1.89. The molecule has 0 atom stereocenters. The number of aliphatic carboxylic acids is 1. The number of anilines is 1. The molecule has 0 radical (unpaired) electrons. The summed E-state index contributed by atoms with van der Waals surface area (Å²) in [7, 11) is 1.41. The largest absolute Gasteiger partial charge is 0.494 e. The van der Waals surface area contributed by atoms with Crippen molar-refractivity contribution in [2.24, 2.45) is 0 Å². The zero-order valence-corrected chi connectivity index (χ0v) is 18.4. The molecule has 2 aromatic rings. The van der Waals surface area contributed by atoms with E-state index in [9.17, 15) is 14.9 Å². The quantitative estimate of drug-likeness (QED) is 0.293. The average Bonchev–Trinajstić information content (AvgIpc) is 2.72. The van der Waals surface area contributed by atoms with Crippen molar-refractivity contribution in [1.29, 1.82) is 5.26 Å². The molecule has 0 fully saturated rings. The van der Waals surface area contributed by atoms with E-state index in [1.807, 2.05) is 35.6 Å². The summed E-state index contributed by atoms with van der Waals surface area (Å²) in [5, 5.41) is 20.9. The average molecular weight is 522 g/mol. The Labute approximate surface area is 187 Å². The standard InChI is InChI=1S/C21H19IN2O6/c1-3-29-16-6-4-15(5-7-16)24-21(27)14(11-23)8-13-9-17(22)20(18(10-13)28-2)30-12-19(25)26/h4-10H,3,12H2,1-2H3,(H,24,27)(H,25,26)/b14-8-. The maximum atomic E-state index is 12.5. The molecule has 0 saturated heterocycles. The van der Waals surface area contributed by atoms with Gasteiger partial charge in [0.25, 0.3) is 5.91 Å². The van der Waals surface area contributed by atoms with E-state index in [4.69, 9.17) is 19.3 Å². The van der Waals surface area contributed by atoms with Crippen LogP contribution in [-0.4, -0.2) is 37.3 Å². The van der Waals surface area contributed by atoms with Gasteiger partial charge in [-0.25, -0.2) is 4.79 Å². The predicted octanol–water partition coefficient (Wildman–Crippen LogP) is 3.71. The van der Waals surface area contributed by atoms with Gasteiger partial charge in [-0.05, 0) is 77.6 Å². The number of halogens is 1. The number of hydrogen-bond donors (Lipinski definition) is 2. The Morgan fingerprint density at radius 3 is 2.50 bits per heavy atom. The second-order valence-corrected chi connectivity index (χ2v) is 6.96. The minimum absolute atomic E-state index is 0.110. The zero-order valence-electron chi connectivity index (χ0n) is 16.3. The van der Waals surface area contributed by atoms with Crippen molar-refractivity contribution >= 4 is 46.2 Å². The maximum absolute atomic E-state index is 12.5. The Morgan fingerprint density at radius 1 is 1.23 bits per heavy atom. The van der Waals surface area contributed by atoms with Crippen molar-refractivity contribution in [3.05, 3.63) is 51.1 Å². The van der Waals surface area contributed by atoms with E-state index in [1.54, 1.807) is 36.4 Å². The number of hydrogen-bond acceptors (Lipinski definition) is 6. The molecule has 2 aromatic carbocycles. The van der Waals surface area contributed by atoms with E-state index in [0.29, 0.717) is 32.9 Å². The van der Waals surface area contributed by atoms with Crippen LogP contribution in [0.3, 0.4) is 0 Å². The first kappa shape index (κ1) is 23.0. The molecule has 2 rings (SSSR count). The number of carbonyl (C=O) groups is 2. The molecule has 0 unspecified atom stereocenters. The Balaban J connectivity index is 2.23. The molecule has 0 bridgehead atoms. The fourth-order valence-electron chi connectivity index (χ4n) is 2.41. The molecular formula is C21H19IN2O6. The highest BCUT2D eigenvalue weighted by Crippen LogP contribution is 2.34. The molecule has 156 valence electrons. The normalized spacial score (nSPS) is 10.7. The van der Waals surface area contributed by atoms with E-state index in [0.717, 1.165) is 0 Å². The first-order valence-corrected chi connectivity index (χ1v) is 9.84. The van der Waals surface area contributed by atoms with Gasteiger partial charge in [0, 0.05) is 5.69 Å². The lowest BCUT2D eigenvalue weighted by Crippen LogP contribution is -2.13. The van der Waals surface area contributed by atoms with E-state index in [-0.39, 0.29) is 11.3 Å². The van der Waals surface area contributed by atoms with Gasteiger partial charge in [0.15, 0.2) is 18.1 Å². The predicted molar refractivity (Wildman–Crippen MR) is 119 cm³/mol. The van der Waals surface area contributed by atoms with Crippen LogP contribution in [0.1, 0.15) is 12.5 Å². The molecule has 0 aliphatic carbocycles. The molecule has 0 aromatic heterocycles. The fraction of sp³-hybridized carbons (Fsp3) is 0.190. The van der Waals surface area contributed by atoms with Crippen molar-refractivity contribution in [2.45, 2.75) is 6.92 Å². The third-order valence-electron chi connectivity index (χ3n) is 3.69. The Morgan fingerprint density at radius 2 is 1.93 bits per heavy atom. The van der Waals surface area contributed by atoms with Crippen molar-refractivity contribution < 1.29 is 28.9 Å². The first-order chi connectivity index (χ1) is 14.4. The lowest BCUT2D eigenvalue weighted by atomic mass is 10.1. The number of nitrogens with zero attached hydrogens (tertiary/aromatic N) is 1. The maximum Gasteiger partial charge on any atom is 0.341 e. The summed E-state index contributed by atoms with van der Waals surface area (Å²) >= 11 is 1.96. The van der Waals surface area contributed by atoms with E-state index in [1.165, 1.54) is 13.2 Å². The summed E-state index contributed by atoms with van der Waals surface area (Å²) < 4.78 is 16.4. The smallest absolute Gasteiger partial charge is 0.341 e. The summed E-state index contributed by atoms with van der Waals surface area (Å²) in [6, 6.07) is 11.9. The second-order valence-electron chi connectivity index (χ2n) is 5.80. The highest BCUT2D eigenvalue weighted by atomic mass is 127. The van der Waals surface area contributed by atoms with Gasteiger partial charge in [0.2, 0.25) is 0 Å². The number of nitriles is 1. The van der Waals surface area contributed by atoms with Crippen molar-refractivity contribution in [3.63, 3.8) is 0 Å². The topological polar surface area (TPSA) is 118 Å². The van der Waals surface area contributed by atoms with E-state index < -0.39 is 18.5 Å². The highest BCUT2D eigenvalue weighted by molar-refractivity contribution is 14.1. The number of benzene rings is 2. The minimum atomic E-state index is -1.12. The fourth-order valence-corrected chi connectivity index (χ4v) is 3.19. The van der Waals surface area contributed by atoms with Gasteiger partial charge in [0.1, 0.15) is 17.4 Å². The number of carboxylic acids is 1. The third kappa shape index (κ3) is 6.38. The van der Waals surface area contributed by atoms with Gasteiger partial charge in [-0.15, -0.1) is 0 Å². The van der Waals surface area contributed by atoms with E-state index in [2.05, 4.69) is 5.32 Å². The van der Waals surface area contributed by atoms with Gasteiger partial charge in [-0.3, -0.25) is 4.79 Å². The van der Waals surface area contributed by atoms with Crippen LogP contribution in [0.25, 0.3) is 6.08 Å². The molecular weight excluding hydrogens is 503 g/mol. The van der Waals surface area contributed by atoms with Crippen LogP contribution in [0, 0.1) is 14.9 Å². The molecule has 0 saturated carbocycles. The van der Waals surface area contributed by atoms with Gasteiger partial charge >= 0.3 is 5.97 Å². The molecule has 8 nitrogen and oxygen atoms in total. The molecule has 1 amide bonds. The number of nitrogens with one attached hydrogen (secondary N) is 1. The molecule has 0 spiro atoms. The van der Waals surface area contributed by atoms with Crippen LogP contribution in [0.2, 0.25) is 0 Å². The Hall–Kier alpha value is -3.26. The van der Waals surface area contributed by atoms with Gasteiger partial charge in [-0.2, -0.15) is 5.26 Å². The lowest BCUT2D eigenvalue weighted by Gasteiger charge is -2.12. The number of amides is 1. The summed E-state index contributed by atoms with van der Waals surface area (Å²) in [5.74, 6) is -0.441. The Kier molecular flexibility index (Phi) is 8.49. The second kappa shape index (κ2) is 11.1. The monoisotopic (exact) mass is 522 g/mol. The zero-order chi connectivity index (χ0) is 22.1. The van der Waals surface area contributed by atoms with Gasteiger partial charge in [0.05, 0.1) is 17.3 Å². The number of methoxy groups -OCH3 is 1. The van der Waals surface area contributed by atoms with Gasteiger partial charge in [-0.1, -0.05) is 0 Å². The summed E-state index contributed by atoms with van der Waals surface area (Å²) in [5.41, 5.74) is 0.937. The van der Waals surface area contributed by atoms with Crippen molar-refractivity contribution in [2.75, 3.05) is 25.6 Å². The van der Waals surface area contributed by atoms with Crippen molar-refractivity contribution in [1.82, 2.24) is 0 Å². The van der Waals surface area contributed by atoms with E-state index >= 15 is 0 Å². The molecule has 2 N–H and O–H groups in total. The number of carbonyl (C=O) groups excluding carboxylic acids is 1. The molecule has 0 heterocycles. The van der Waals surface area contributed by atoms with Crippen LogP contribution in [0.5, 0.6) is 17.2 Å². The van der Waals surface area contributed by atoms with Crippen molar-refractivity contribution in [3.8, 4) is 23.3 Å². The SMILES string of the molecule is CCOc1ccc(NC(=O)/C(C#N)=C\c2cc(I)c(OCC(=O)O)c(OC)c2)cc1. The molecule has 30 heavy (non-hydrogen) atoms. The molecule has 0 aliphatic heterocycles. The third-order valence-corrected chi connectivity index (χ3v) is 4.49. The summed E-state index contributed by atoms with van der Waals surface area (Å²) in [6.07, 6.45) is 1.41. The minimum Gasteiger partial charge on any atom is -0.494 e. The lowest BCUT2D eigenvalue weighted by molar-refractivity contribution is -0.139. The van der Waals surface area contributed by atoms with Crippen LogP contribution in [-0.2, 0) is 9.59 Å².